The summed E-state index contributed by atoms with van der Waals surface area (Å²) in [5, 5.41) is 21.6. The first kappa shape index (κ1) is 17.6. The third kappa shape index (κ3) is 3.86. The summed E-state index contributed by atoms with van der Waals surface area (Å²) in [7, 11) is 1.44. The van der Waals surface area contributed by atoms with E-state index in [4.69, 9.17) is 9.84 Å². The first-order valence-corrected chi connectivity index (χ1v) is 8.28. The van der Waals surface area contributed by atoms with Gasteiger partial charge in [0, 0.05) is 0 Å². The molecule has 2 aromatic carbocycles. The van der Waals surface area contributed by atoms with Crippen molar-refractivity contribution in [1.82, 2.24) is 5.32 Å². The zero-order valence-electron chi connectivity index (χ0n) is 13.6. The second kappa shape index (κ2) is 7.32. The first-order valence-electron chi connectivity index (χ1n) is 7.46. The lowest BCUT2D eigenvalue weighted by molar-refractivity contribution is -0.115. The fourth-order valence-corrected chi connectivity index (χ4v) is 3.08. The highest BCUT2D eigenvalue weighted by molar-refractivity contribution is 8.18. The van der Waals surface area contributed by atoms with E-state index in [1.54, 1.807) is 30.3 Å². The van der Waals surface area contributed by atoms with Gasteiger partial charge in [-0.05, 0) is 53.7 Å². The molecular weight excluding hydrogens is 356 g/mol. The smallest absolute Gasteiger partial charge is 0.335 e. The van der Waals surface area contributed by atoms with Gasteiger partial charge >= 0.3 is 5.97 Å². The molecule has 0 aromatic heterocycles. The summed E-state index contributed by atoms with van der Waals surface area (Å²) < 4.78 is 5.05. The average molecular weight is 370 g/mol. The van der Waals surface area contributed by atoms with Crippen LogP contribution in [0.4, 0.5) is 5.69 Å². The Morgan fingerprint density at radius 3 is 2.81 bits per heavy atom. The molecule has 0 unspecified atom stereocenters. The lowest BCUT2D eigenvalue weighted by atomic mass is 10.2. The Bertz CT molecular complexity index is 952. The molecule has 2 aromatic rings. The number of aliphatic imine (C=N–C) groups is 1. The highest BCUT2D eigenvalue weighted by Crippen LogP contribution is 2.31. The number of phenolic OH excluding ortho intramolecular Hbond substituents is 1. The topological polar surface area (TPSA) is 108 Å². The molecule has 1 amide bonds. The fourth-order valence-electron chi connectivity index (χ4n) is 2.24. The first-order chi connectivity index (χ1) is 12.5. The lowest BCUT2D eigenvalue weighted by Gasteiger charge is -2.03. The zero-order valence-corrected chi connectivity index (χ0v) is 14.4. The van der Waals surface area contributed by atoms with Gasteiger partial charge in [-0.3, -0.25) is 4.79 Å². The van der Waals surface area contributed by atoms with Crippen LogP contribution in [0.25, 0.3) is 6.08 Å². The number of thioether (sulfide) groups is 1. The largest absolute Gasteiger partial charge is 0.504 e. The van der Waals surface area contributed by atoms with Gasteiger partial charge in [-0.25, -0.2) is 9.79 Å². The molecule has 1 aliphatic heterocycles. The number of benzene rings is 2. The van der Waals surface area contributed by atoms with Gasteiger partial charge in [-0.2, -0.15) is 0 Å². The van der Waals surface area contributed by atoms with Gasteiger partial charge in [-0.1, -0.05) is 12.1 Å². The number of methoxy groups -OCH3 is 1. The number of nitrogens with one attached hydrogen (secondary N) is 1. The van der Waals surface area contributed by atoms with E-state index in [1.807, 2.05) is 0 Å². The molecule has 8 heteroatoms. The van der Waals surface area contributed by atoms with Gasteiger partial charge in [0.05, 0.1) is 23.3 Å². The maximum Gasteiger partial charge on any atom is 0.335 e. The molecule has 0 atom stereocenters. The predicted octanol–water partition coefficient (Wildman–Crippen LogP) is 2.99. The lowest BCUT2D eigenvalue weighted by Crippen LogP contribution is -2.19. The number of ether oxygens (including phenoxy) is 1. The van der Waals surface area contributed by atoms with Crippen molar-refractivity contribution in [3.63, 3.8) is 0 Å². The number of carbonyl (C=O) groups is 2. The van der Waals surface area contributed by atoms with Gasteiger partial charge in [-0.15, -0.1) is 0 Å². The van der Waals surface area contributed by atoms with E-state index in [0.29, 0.717) is 27.1 Å². The Labute approximate surface area is 153 Å². The minimum atomic E-state index is -1.04. The van der Waals surface area contributed by atoms with Crippen LogP contribution in [-0.4, -0.2) is 34.4 Å². The quantitative estimate of drug-likeness (QED) is 0.714. The summed E-state index contributed by atoms with van der Waals surface area (Å²) in [4.78, 5) is 27.8. The molecule has 0 aliphatic carbocycles. The molecule has 1 fully saturated rings. The molecule has 7 nitrogen and oxygen atoms in total. The van der Waals surface area contributed by atoms with Crippen LogP contribution in [0.15, 0.2) is 52.4 Å². The van der Waals surface area contributed by atoms with Crippen LogP contribution in [0.5, 0.6) is 11.5 Å². The second-order valence-electron chi connectivity index (χ2n) is 5.27. The highest BCUT2D eigenvalue weighted by atomic mass is 32.2. The molecule has 1 saturated heterocycles. The van der Waals surface area contributed by atoms with E-state index in [-0.39, 0.29) is 17.2 Å². The highest BCUT2D eigenvalue weighted by Gasteiger charge is 2.24. The second-order valence-corrected chi connectivity index (χ2v) is 6.30. The summed E-state index contributed by atoms with van der Waals surface area (Å²) in [6, 6.07) is 10.9. The number of carboxylic acids is 1. The van der Waals surface area contributed by atoms with Crippen LogP contribution < -0.4 is 10.1 Å². The molecule has 3 N–H and O–H groups in total. The Kier molecular flexibility index (Phi) is 4.94. The molecule has 0 spiro atoms. The van der Waals surface area contributed by atoms with E-state index in [0.717, 1.165) is 11.8 Å². The van der Waals surface area contributed by atoms with Gasteiger partial charge in [0.15, 0.2) is 16.7 Å². The number of aromatic carboxylic acids is 1. The van der Waals surface area contributed by atoms with Gasteiger partial charge in [0.2, 0.25) is 0 Å². The molecule has 132 valence electrons. The van der Waals surface area contributed by atoms with Crippen LogP contribution in [0.1, 0.15) is 15.9 Å². The molecule has 0 radical (unpaired) electrons. The average Bonchev–Trinajstić information content (AvgIpc) is 2.95. The van der Waals surface area contributed by atoms with Crippen molar-refractivity contribution in [2.24, 2.45) is 4.99 Å². The Hall–Kier alpha value is -3.26. The molecule has 1 heterocycles. The van der Waals surface area contributed by atoms with Crippen molar-refractivity contribution >= 4 is 40.6 Å². The van der Waals surface area contributed by atoms with Crippen LogP contribution >= 0.6 is 11.8 Å². The van der Waals surface area contributed by atoms with Crippen molar-refractivity contribution in [1.29, 1.82) is 0 Å². The minimum absolute atomic E-state index is 0.0127. The number of amidine groups is 1. The monoisotopic (exact) mass is 370 g/mol. The number of rotatable bonds is 4. The van der Waals surface area contributed by atoms with Crippen LogP contribution in [-0.2, 0) is 4.79 Å². The van der Waals surface area contributed by atoms with Crippen LogP contribution in [0, 0.1) is 0 Å². The number of amides is 1. The SMILES string of the molecule is COc1cc(/C=C2\SC(=Nc3cccc(C(=O)O)c3)NC2=O)ccc1O. The van der Waals surface area contributed by atoms with Gasteiger partial charge < -0.3 is 20.3 Å². The standard InChI is InChI=1S/C18H14N2O5S/c1-25-14-7-10(5-6-13(14)21)8-15-16(22)20-18(26-15)19-12-4-2-3-11(9-12)17(23)24/h2-9,21H,1H3,(H,23,24)(H,19,20,22)/b15-8-. The van der Waals surface area contributed by atoms with Crippen LogP contribution in [0.2, 0.25) is 0 Å². The zero-order chi connectivity index (χ0) is 18.7. The minimum Gasteiger partial charge on any atom is -0.504 e. The van der Waals surface area contributed by atoms with Gasteiger partial charge in [0.1, 0.15) is 0 Å². The number of carbonyl (C=O) groups excluding carboxylic acids is 1. The number of nitrogens with zero attached hydrogens (tertiary/aromatic N) is 1. The van der Waals surface area contributed by atoms with E-state index < -0.39 is 5.97 Å². The third-order valence-corrected chi connectivity index (χ3v) is 4.39. The van der Waals surface area contributed by atoms with Gasteiger partial charge in [0.25, 0.3) is 5.91 Å². The molecule has 26 heavy (non-hydrogen) atoms. The van der Waals surface area contributed by atoms with E-state index in [1.165, 1.54) is 25.3 Å². The maximum atomic E-state index is 12.1. The summed E-state index contributed by atoms with van der Waals surface area (Å²) in [5.41, 5.74) is 1.24. The normalized spacial score (nSPS) is 16.7. The Morgan fingerprint density at radius 2 is 2.08 bits per heavy atom. The summed E-state index contributed by atoms with van der Waals surface area (Å²) in [6.07, 6.45) is 1.65. The summed E-state index contributed by atoms with van der Waals surface area (Å²) in [5.74, 6) is -1.03. The number of carboxylic acid groups (broad SMARTS) is 1. The van der Waals surface area contributed by atoms with Crippen molar-refractivity contribution in [2.75, 3.05) is 7.11 Å². The number of aromatic hydroxyl groups is 1. The van der Waals surface area contributed by atoms with Crippen molar-refractivity contribution in [3.05, 3.63) is 58.5 Å². The number of hydrogen-bond acceptors (Lipinski definition) is 6. The molecule has 1 aliphatic rings. The predicted molar refractivity (Wildman–Crippen MR) is 98.9 cm³/mol. The number of phenols is 1. The molecule has 0 bridgehead atoms. The summed E-state index contributed by atoms with van der Waals surface area (Å²) in [6.45, 7) is 0. The third-order valence-electron chi connectivity index (χ3n) is 3.48. The molecule has 3 rings (SSSR count). The van der Waals surface area contributed by atoms with E-state index in [9.17, 15) is 14.7 Å². The van der Waals surface area contributed by atoms with Crippen molar-refractivity contribution in [2.45, 2.75) is 0 Å². The Morgan fingerprint density at radius 1 is 1.27 bits per heavy atom. The summed E-state index contributed by atoms with van der Waals surface area (Å²) >= 11 is 1.14. The van der Waals surface area contributed by atoms with Crippen molar-refractivity contribution < 1.29 is 24.5 Å². The number of hydrogen-bond donors (Lipinski definition) is 3. The maximum absolute atomic E-state index is 12.1. The van der Waals surface area contributed by atoms with Crippen molar-refractivity contribution in [3.8, 4) is 11.5 Å². The van der Waals surface area contributed by atoms with E-state index >= 15 is 0 Å². The fraction of sp³-hybridized carbons (Fsp3) is 0.0556. The Balaban J connectivity index is 1.84. The molecular formula is C18H14N2O5S. The molecule has 0 saturated carbocycles. The van der Waals surface area contributed by atoms with Crippen LogP contribution in [0.3, 0.4) is 0 Å². The van der Waals surface area contributed by atoms with E-state index in [2.05, 4.69) is 10.3 Å².